The molecule has 0 amide bonds. The summed E-state index contributed by atoms with van der Waals surface area (Å²) in [5.74, 6) is 0. The van der Waals surface area contributed by atoms with Crippen molar-refractivity contribution in [1.82, 2.24) is 0 Å². The zero-order chi connectivity index (χ0) is 16.9. The summed E-state index contributed by atoms with van der Waals surface area (Å²) in [6.45, 7) is 0.495. The van der Waals surface area contributed by atoms with Crippen molar-refractivity contribution in [3.63, 3.8) is 0 Å². The molecule has 0 saturated heterocycles. The predicted molar refractivity (Wildman–Crippen MR) is 44.9 cm³/mol. The molecule has 0 spiro atoms. The van der Waals surface area contributed by atoms with Crippen LogP contribution in [0.15, 0.2) is 12.0 Å². The van der Waals surface area contributed by atoms with E-state index < -0.39 is 37.0 Å². The maximum absolute atomic E-state index is 12.5. The summed E-state index contributed by atoms with van der Waals surface area (Å²) in [5.41, 5.74) is 0. The first kappa shape index (κ1) is 19.6. The van der Waals surface area contributed by atoms with Gasteiger partial charge in [-0.05, 0) is 11.4 Å². The highest BCUT2D eigenvalue weighted by Gasteiger charge is 2.69. The van der Waals surface area contributed by atoms with E-state index in [-0.39, 0.29) is 6.61 Å². The van der Waals surface area contributed by atoms with Gasteiger partial charge in [0.05, 0.1) is 0 Å². The van der Waals surface area contributed by atoms with Crippen LogP contribution in [0.25, 0.3) is 0 Å². The van der Waals surface area contributed by atoms with Gasteiger partial charge < -0.3 is 14.2 Å². The zero-order valence-electron chi connectivity index (χ0n) is 9.95. The molecule has 1 aliphatic rings. The second-order valence-corrected chi connectivity index (χ2v) is 3.13. The van der Waals surface area contributed by atoms with Gasteiger partial charge >= 0.3 is 30.4 Å². The van der Waals surface area contributed by atoms with Crippen LogP contribution in [0.5, 0.6) is 0 Å². The smallest absolute Gasteiger partial charge is 0.388 e. The van der Waals surface area contributed by atoms with Gasteiger partial charge in [-0.3, -0.25) is 0 Å². The number of alkyl halides is 6. The summed E-state index contributed by atoms with van der Waals surface area (Å²) < 4.78 is 115. The van der Waals surface area contributed by atoms with E-state index in [9.17, 15) is 39.6 Å². The largest absolute Gasteiger partial charge is 0.511 e. The van der Waals surface area contributed by atoms with E-state index >= 15 is 0 Å². The van der Waals surface area contributed by atoms with Crippen LogP contribution in [-0.4, -0.2) is 31.5 Å². The van der Waals surface area contributed by atoms with Crippen LogP contribution in [-0.2, 0) is 19.2 Å². The molecule has 0 aromatic heterocycles. The summed E-state index contributed by atoms with van der Waals surface area (Å²) >= 11 is 0. The monoisotopic (exact) mass is 338 g/mol. The third kappa shape index (κ3) is 5.87. The van der Waals surface area contributed by atoms with Gasteiger partial charge in [-0.25, -0.2) is 0 Å². The van der Waals surface area contributed by atoms with Crippen molar-refractivity contribution in [3.8, 4) is 0 Å². The third-order valence-electron chi connectivity index (χ3n) is 1.51. The fraction of sp³-hybridized carbons (Fsp3) is 0.750. The van der Waals surface area contributed by atoms with Gasteiger partial charge in [-0.1, -0.05) is 0 Å². The number of hydrogen-bond acceptors (Lipinski definition) is 4. The minimum atomic E-state index is -5.28. The van der Waals surface area contributed by atoms with Gasteiger partial charge in [-0.2, -0.15) is 30.7 Å². The van der Waals surface area contributed by atoms with E-state index in [0.717, 1.165) is 0 Å². The van der Waals surface area contributed by atoms with Crippen molar-refractivity contribution in [2.24, 2.45) is 0 Å². The second-order valence-electron chi connectivity index (χ2n) is 3.13. The van der Waals surface area contributed by atoms with Crippen LogP contribution in [0.1, 0.15) is 6.92 Å². The number of ether oxygens (including phenoxy) is 3. The van der Waals surface area contributed by atoms with Crippen molar-refractivity contribution >= 4 is 0 Å². The second kappa shape index (κ2) is 7.06. The Morgan fingerprint density at radius 2 is 1.48 bits per heavy atom. The van der Waals surface area contributed by atoms with E-state index in [4.69, 9.17) is 0 Å². The van der Waals surface area contributed by atoms with Gasteiger partial charge in [-0.15, -0.1) is 9.33 Å². The molecule has 0 aromatic carbocycles. The summed E-state index contributed by atoms with van der Waals surface area (Å²) in [5, 5.41) is 0. The van der Waals surface area contributed by atoms with Crippen LogP contribution in [0, 0.1) is 0 Å². The normalized spacial score (nSPS) is 17.8. The fourth-order valence-electron chi connectivity index (χ4n) is 0.714. The first-order valence-corrected chi connectivity index (χ1v) is 4.82. The van der Waals surface area contributed by atoms with E-state index in [0.29, 0.717) is 0 Å². The lowest BCUT2D eigenvalue weighted by atomic mass is 10.5. The molecule has 0 bridgehead atoms. The van der Waals surface area contributed by atoms with Crippen LogP contribution in [0.2, 0.25) is 0 Å². The van der Waals surface area contributed by atoms with Crippen LogP contribution < -0.4 is 0 Å². The zero-order valence-corrected chi connectivity index (χ0v) is 9.95. The molecule has 0 radical (unpaired) electrons. The number of hydrogen-bond donors (Lipinski definition) is 0. The van der Waals surface area contributed by atoms with Crippen molar-refractivity contribution in [2.45, 2.75) is 25.2 Å². The maximum atomic E-state index is 12.5. The lowest BCUT2D eigenvalue weighted by molar-refractivity contribution is -0.489. The number of rotatable bonds is 4. The van der Waals surface area contributed by atoms with Crippen molar-refractivity contribution in [1.29, 1.82) is 0 Å². The highest BCUT2D eigenvalue weighted by Crippen LogP contribution is 2.44. The van der Waals surface area contributed by atoms with Gasteiger partial charge in [0, 0.05) is 6.61 Å². The molecule has 0 N–H and O–H groups in total. The topological polar surface area (TPSA) is 36.9 Å². The lowest BCUT2D eigenvalue weighted by Gasteiger charge is -2.21. The molecule has 0 saturated carbocycles. The Balaban J connectivity index is 0.000000433. The molecule has 13 heteroatoms. The highest BCUT2D eigenvalue weighted by atomic mass is 19.4. The van der Waals surface area contributed by atoms with Gasteiger partial charge in [0.15, 0.2) is 0 Å². The summed E-state index contributed by atoms with van der Waals surface area (Å²) in [7, 11) is 0. The van der Waals surface area contributed by atoms with E-state index in [1.807, 2.05) is 0 Å². The molecular formula is C8H7F9O4. The molecule has 1 heterocycles. The summed E-state index contributed by atoms with van der Waals surface area (Å²) in [6.07, 6.45) is -9.45. The number of halogens is 9. The molecule has 0 fully saturated rings. The SMILES string of the molecule is CCOCC(F)(F)F.FOC(F)(F)C1(F)OC(F)=C(F)O1. The van der Waals surface area contributed by atoms with E-state index in [2.05, 4.69) is 14.2 Å². The van der Waals surface area contributed by atoms with E-state index in [1.54, 1.807) is 4.94 Å². The Kier molecular flexibility index (Phi) is 6.60. The van der Waals surface area contributed by atoms with Crippen molar-refractivity contribution in [3.05, 3.63) is 12.0 Å². The maximum Gasteiger partial charge on any atom is 0.511 e. The average Bonchev–Trinajstić information content (AvgIpc) is 2.62. The quantitative estimate of drug-likeness (QED) is 0.731. The van der Waals surface area contributed by atoms with Crippen LogP contribution >= 0.6 is 0 Å². The first-order chi connectivity index (χ1) is 9.38. The summed E-state index contributed by atoms with van der Waals surface area (Å²) in [6, 6.07) is -9.39. The highest BCUT2D eigenvalue weighted by molar-refractivity contribution is 4.94. The van der Waals surface area contributed by atoms with E-state index in [1.165, 1.54) is 6.92 Å². The molecule has 21 heavy (non-hydrogen) atoms. The van der Waals surface area contributed by atoms with Crippen molar-refractivity contribution in [2.75, 3.05) is 13.2 Å². The molecule has 4 nitrogen and oxygen atoms in total. The first-order valence-electron chi connectivity index (χ1n) is 4.82. The Bertz CT molecular complexity index is 353. The molecule has 0 aliphatic carbocycles. The summed E-state index contributed by atoms with van der Waals surface area (Å²) in [4.78, 5) is 1.80. The van der Waals surface area contributed by atoms with Gasteiger partial charge in [0.25, 0.3) is 0 Å². The standard InChI is InChI=1S/C4F6O3.C4H7F3O/c5-1-2(6)12-4(9,11-1)3(7,8)13-10;1-2-8-3-4(5,6)7/h;2-3H2,1H3. The molecule has 0 aromatic rings. The van der Waals surface area contributed by atoms with Crippen LogP contribution in [0.3, 0.4) is 0 Å². The molecule has 126 valence electrons. The Morgan fingerprint density at radius 1 is 1.05 bits per heavy atom. The Labute approximate surface area is 110 Å². The minimum absolute atomic E-state index is 0.111. The average molecular weight is 338 g/mol. The van der Waals surface area contributed by atoms with Gasteiger partial charge in [0.2, 0.25) is 0 Å². The van der Waals surface area contributed by atoms with Crippen molar-refractivity contribution < 1.29 is 58.8 Å². The Hall–Kier alpha value is -1.37. The predicted octanol–water partition coefficient (Wildman–Crippen LogP) is 3.80. The molecule has 1 rings (SSSR count). The molecule has 1 aliphatic heterocycles. The molecule has 0 atom stereocenters. The minimum Gasteiger partial charge on any atom is -0.388 e. The fourth-order valence-corrected chi connectivity index (χ4v) is 0.714. The molecular weight excluding hydrogens is 331 g/mol. The van der Waals surface area contributed by atoms with Gasteiger partial charge in [0.1, 0.15) is 6.61 Å². The Morgan fingerprint density at radius 3 is 1.71 bits per heavy atom. The van der Waals surface area contributed by atoms with Crippen LogP contribution in [0.4, 0.5) is 39.6 Å². The third-order valence-corrected chi connectivity index (χ3v) is 1.51. The lowest BCUT2D eigenvalue weighted by Crippen LogP contribution is -2.46. The molecule has 0 unspecified atom stereocenters.